The molecule has 5 nitrogen and oxygen atoms in total. The fourth-order valence-electron chi connectivity index (χ4n) is 3.00. The highest BCUT2D eigenvalue weighted by molar-refractivity contribution is 5.85. The lowest BCUT2D eigenvalue weighted by atomic mass is 9.87. The normalized spacial score (nSPS) is 21.9. The highest BCUT2D eigenvalue weighted by atomic mass is 35.5. The van der Waals surface area contributed by atoms with E-state index in [0.29, 0.717) is 31.8 Å². The quantitative estimate of drug-likeness (QED) is 0.707. The molecule has 1 unspecified atom stereocenters. The van der Waals surface area contributed by atoms with Crippen LogP contribution in [-0.2, 0) is 9.53 Å². The van der Waals surface area contributed by atoms with E-state index >= 15 is 0 Å². The molecule has 0 saturated carbocycles. The van der Waals surface area contributed by atoms with E-state index < -0.39 is 0 Å². The van der Waals surface area contributed by atoms with Gasteiger partial charge in [0.2, 0.25) is 5.91 Å². The first-order valence-electron chi connectivity index (χ1n) is 7.66. The van der Waals surface area contributed by atoms with E-state index in [1.165, 1.54) is 0 Å². The molecule has 1 amide bonds. The number of rotatable bonds is 8. The van der Waals surface area contributed by atoms with Crippen molar-refractivity contribution in [1.29, 1.82) is 0 Å². The van der Waals surface area contributed by atoms with Crippen molar-refractivity contribution < 1.29 is 9.53 Å². The molecule has 0 bridgehead atoms. The maximum Gasteiger partial charge on any atom is 0.229 e. The van der Waals surface area contributed by atoms with E-state index in [2.05, 4.69) is 43.2 Å². The van der Waals surface area contributed by atoms with Crippen molar-refractivity contribution in [2.75, 3.05) is 39.9 Å². The molecule has 0 aromatic heterocycles. The van der Waals surface area contributed by atoms with Crippen molar-refractivity contribution in [2.45, 2.75) is 46.2 Å². The van der Waals surface area contributed by atoms with E-state index in [0.717, 1.165) is 19.5 Å². The second-order valence-electron chi connectivity index (χ2n) is 6.32. The summed E-state index contributed by atoms with van der Waals surface area (Å²) in [5.74, 6) is 0.122. The number of ether oxygens (including phenoxy) is 1. The minimum absolute atomic E-state index is 0. The molecular formula is C15H32ClN3O2. The molecule has 1 fully saturated rings. The minimum atomic E-state index is -0.380. The first-order chi connectivity index (χ1) is 9.43. The predicted molar refractivity (Wildman–Crippen MR) is 89.0 cm³/mol. The van der Waals surface area contributed by atoms with Gasteiger partial charge in [0.25, 0.3) is 0 Å². The maximum absolute atomic E-state index is 12.4. The molecular weight excluding hydrogens is 290 g/mol. The Labute approximate surface area is 135 Å². The van der Waals surface area contributed by atoms with Crippen molar-refractivity contribution >= 4 is 18.3 Å². The molecule has 1 heterocycles. The number of hydrogen-bond acceptors (Lipinski definition) is 4. The molecule has 6 heteroatoms. The van der Waals surface area contributed by atoms with E-state index in [9.17, 15) is 4.79 Å². The van der Waals surface area contributed by atoms with Gasteiger partial charge in [-0.05, 0) is 40.7 Å². The maximum atomic E-state index is 12.4. The van der Waals surface area contributed by atoms with Gasteiger partial charge in [-0.25, -0.2) is 0 Å². The van der Waals surface area contributed by atoms with Crippen LogP contribution in [0.15, 0.2) is 0 Å². The van der Waals surface area contributed by atoms with Crippen LogP contribution in [0.1, 0.15) is 34.1 Å². The standard InChI is InChI=1S/C15H31N3O2.ClH/c1-12(2)18(13(3)4)9-8-17-14(19)15(11-20-5)6-7-16-10-15;/h12-13,16H,6-11H2,1-5H3,(H,17,19);1H. The second kappa shape index (κ2) is 9.62. The summed E-state index contributed by atoms with van der Waals surface area (Å²) in [6, 6.07) is 0.987. The Morgan fingerprint density at radius 2 is 1.95 bits per heavy atom. The first-order valence-corrected chi connectivity index (χ1v) is 7.66. The van der Waals surface area contributed by atoms with Crippen LogP contribution >= 0.6 is 12.4 Å². The van der Waals surface area contributed by atoms with Crippen LogP contribution in [0.4, 0.5) is 0 Å². The van der Waals surface area contributed by atoms with Gasteiger partial charge in [0.15, 0.2) is 0 Å². The van der Waals surface area contributed by atoms with E-state index in [-0.39, 0.29) is 23.7 Å². The molecule has 1 rings (SSSR count). The summed E-state index contributed by atoms with van der Waals surface area (Å²) in [6.07, 6.45) is 0.852. The van der Waals surface area contributed by atoms with E-state index in [1.54, 1.807) is 7.11 Å². The molecule has 126 valence electrons. The van der Waals surface area contributed by atoms with Gasteiger partial charge in [-0.2, -0.15) is 0 Å². The van der Waals surface area contributed by atoms with Gasteiger partial charge in [0, 0.05) is 38.8 Å². The van der Waals surface area contributed by atoms with Crippen molar-refractivity contribution in [3.8, 4) is 0 Å². The van der Waals surface area contributed by atoms with Crippen LogP contribution in [0, 0.1) is 5.41 Å². The number of carbonyl (C=O) groups is 1. The number of amides is 1. The summed E-state index contributed by atoms with van der Waals surface area (Å²) in [5, 5.41) is 6.35. The largest absolute Gasteiger partial charge is 0.384 e. The zero-order valence-electron chi connectivity index (χ0n) is 14.1. The number of nitrogens with one attached hydrogen (secondary N) is 2. The third-order valence-corrected chi connectivity index (χ3v) is 4.13. The van der Waals surface area contributed by atoms with Gasteiger partial charge in [-0.15, -0.1) is 12.4 Å². The molecule has 1 aliphatic heterocycles. The Kier molecular flexibility index (Phi) is 9.45. The van der Waals surface area contributed by atoms with Crippen molar-refractivity contribution in [3.63, 3.8) is 0 Å². The van der Waals surface area contributed by atoms with Crippen LogP contribution < -0.4 is 10.6 Å². The average molecular weight is 322 g/mol. The molecule has 1 aliphatic rings. The van der Waals surface area contributed by atoms with E-state index in [1.807, 2.05) is 0 Å². The monoisotopic (exact) mass is 321 g/mol. The highest BCUT2D eigenvalue weighted by Crippen LogP contribution is 2.25. The van der Waals surface area contributed by atoms with Gasteiger partial charge in [0.05, 0.1) is 12.0 Å². The zero-order valence-corrected chi connectivity index (χ0v) is 14.9. The SMILES string of the molecule is COCC1(C(=O)NCCN(C(C)C)C(C)C)CCNC1.Cl. The predicted octanol–water partition coefficient (Wildman–Crippen LogP) is 1.27. The van der Waals surface area contributed by atoms with Gasteiger partial charge < -0.3 is 15.4 Å². The Morgan fingerprint density at radius 3 is 2.38 bits per heavy atom. The Morgan fingerprint density at radius 1 is 1.33 bits per heavy atom. The first kappa shape index (κ1) is 20.6. The molecule has 21 heavy (non-hydrogen) atoms. The molecule has 2 N–H and O–H groups in total. The molecule has 1 saturated heterocycles. The molecule has 0 aliphatic carbocycles. The van der Waals surface area contributed by atoms with Gasteiger partial charge >= 0.3 is 0 Å². The second-order valence-corrected chi connectivity index (χ2v) is 6.32. The number of halogens is 1. The molecule has 1 atom stereocenters. The molecule has 0 aromatic rings. The summed E-state index contributed by atoms with van der Waals surface area (Å²) in [6.45, 7) is 12.4. The number of nitrogens with zero attached hydrogens (tertiary/aromatic N) is 1. The zero-order chi connectivity index (χ0) is 15.2. The molecule has 0 radical (unpaired) electrons. The fraction of sp³-hybridized carbons (Fsp3) is 0.933. The Bertz CT molecular complexity index is 297. The average Bonchev–Trinajstić information content (AvgIpc) is 2.83. The smallest absolute Gasteiger partial charge is 0.229 e. The molecule has 0 aromatic carbocycles. The third kappa shape index (κ3) is 5.74. The van der Waals surface area contributed by atoms with Crippen molar-refractivity contribution in [3.05, 3.63) is 0 Å². The van der Waals surface area contributed by atoms with Crippen LogP contribution in [0.25, 0.3) is 0 Å². The van der Waals surface area contributed by atoms with Crippen LogP contribution in [0.3, 0.4) is 0 Å². The summed E-state index contributed by atoms with van der Waals surface area (Å²) >= 11 is 0. The highest BCUT2D eigenvalue weighted by Gasteiger charge is 2.41. The van der Waals surface area contributed by atoms with Crippen molar-refractivity contribution in [1.82, 2.24) is 15.5 Å². The van der Waals surface area contributed by atoms with Gasteiger partial charge in [0.1, 0.15) is 0 Å². The van der Waals surface area contributed by atoms with Crippen LogP contribution in [0.5, 0.6) is 0 Å². The Balaban J connectivity index is 0.00000400. The lowest BCUT2D eigenvalue weighted by molar-refractivity contribution is -0.133. The third-order valence-electron chi connectivity index (χ3n) is 4.13. The van der Waals surface area contributed by atoms with Gasteiger partial charge in [-0.1, -0.05) is 0 Å². The lowest BCUT2D eigenvalue weighted by Crippen LogP contribution is -2.48. The summed E-state index contributed by atoms with van der Waals surface area (Å²) < 4.78 is 5.24. The summed E-state index contributed by atoms with van der Waals surface area (Å²) in [5.41, 5.74) is -0.380. The van der Waals surface area contributed by atoms with Crippen LogP contribution in [0.2, 0.25) is 0 Å². The van der Waals surface area contributed by atoms with Crippen LogP contribution in [-0.4, -0.2) is 62.8 Å². The number of carbonyl (C=O) groups excluding carboxylic acids is 1. The summed E-state index contributed by atoms with van der Waals surface area (Å²) in [4.78, 5) is 14.8. The number of methoxy groups -OCH3 is 1. The minimum Gasteiger partial charge on any atom is -0.384 e. The van der Waals surface area contributed by atoms with Crippen molar-refractivity contribution in [2.24, 2.45) is 5.41 Å². The molecule has 0 spiro atoms. The Hall–Kier alpha value is -0.360. The number of hydrogen-bond donors (Lipinski definition) is 2. The summed E-state index contributed by atoms with van der Waals surface area (Å²) in [7, 11) is 1.66. The topological polar surface area (TPSA) is 53.6 Å². The lowest BCUT2D eigenvalue weighted by Gasteiger charge is -2.31. The fourth-order valence-corrected chi connectivity index (χ4v) is 3.00. The van der Waals surface area contributed by atoms with Gasteiger partial charge in [-0.3, -0.25) is 9.69 Å². The van der Waals surface area contributed by atoms with E-state index in [4.69, 9.17) is 4.74 Å².